The van der Waals surface area contributed by atoms with Gasteiger partial charge in [0.2, 0.25) is 0 Å². The summed E-state index contributed by atoms with van der Waals surface area (Å²) in [5, 5.41) is 13.4. The van der Waals surface area contributed by atoms with Crippen molar-refractivity contribution in [1.82, 2.24) is 0 Å². The van der Waals surface area contributed by atoms with Gasteiger partial charge in [0.25, 0.3) is 5.91 Å². The van der Waals surface area contributed by atoms with Crippen LogP contribution in [0.4, 0.5) is 5.69 Å². The highest BCUT2D eigenvalue weighted by Crippen LogP contribution is 2.23. The number of carbonyl (C=O) groups is 2. The first-order valence-corrected chi connectivity index (χ1v) is 7.78. The second-order valence-corrected chi connectivity index (χ2v) is 5.69. The number of hydrogen-bond acceptors (Lipinski definition) is 3. The third kappa shape index (κ3) is 3.95. The minimum Gasteiger partial charge on any atom is -0.482 e. The van der Waals surface area contributed by atoms with Gasteiger partial charge in [-0.25, -0.2) is 4.79 Å². The molecule has 0 saturated carbocycles. The number of carboxylic acid groups (broad SMARTS) is 1. The number of aryl methyl sites for hydroxylation is 1. The summed E-state index contributed by atoms with van der Waals surface area (Å²) in [4.78, 5) is 23.2. The van der Waals surface area contributed by atoms with Crippen LogP contribution in [-0.4, -0.2) is 23.6 Å². The van der Waals surface area contributed by atoms with E-state index in [1.807, 2.05) is 37.3 Å². The molecule has 3 aromatic rings. The number of rotatable bonds is 5. The molecule has 0 atom stereocenters. The van der Waals surface area contributed by atoms with E-state index in [2.05, 4.69) is 5.32 Å². The highest BCUT2D eigenvalue weighted by molar-refractivity contribution is 6.13. The molecule has 0 saturated heterocycles. The lowest BCUT2D eigenvalue weighted by Gasteiger charge is -2.10. The van der Waals surface area contributed by atoms with E-state index < -0.39 is 12.6 Å². The van der Waals surface area contributed by atoms with Crippen LogP contribution < -0.4 is 10.1 Å². The summed E-state index contributed by atoms with van der Waals surface area (Å²) < 4.78 is 5.13. The van der Waals surface area contributed by atoms with Crippen molar-refractivity contribution in [2.75, 3.05) is 11.9 Å². The Bertz CT molecular complexity index is 949. The van der Waals surface area contributed by atoms with Crippen molar-refractivity contribution in [3.8, 4) is 5.75 Å². The van der Waals surface area contributed by atoms with Crippen molar-refractivity contribution in [1.29, 1.82) is 0 Å². The van der Waals surface area contributed by atoms with E-state index in [0.717, 1.165) is 16.3 Å². The number of carboxylic acids is 1. The van der Waals surface area contributed by atoms with E-state index in [1.165, 1.54) is 0 Å². The molecule has 0 radical (unpaired) electrons. The van der Waals surface area contributed by atoms with Crippen molar-refractivity contribution in [3.05, 3.63) is 71.8 Å². The fourth-order valence-corrected chi connectivity index (χ4v) is 2.59. The van der Waals surface area contributed by atoms with E-state index in [0.29, 0.717) is 17.0 Å². The maximum atomic E-state index is 12.7. The minimum absolute atomic E-state index is 0.230. The molecule has 0 aliphatic carbocycles. The molecule has 2 N–H and O–H groups in total. The number of aliphatic carboxylic acids is 1. The summed E-state index contributed by atoms with van der Waals surface area (Å²) in [5.74, 6) is -0.902. The number of benzene rings is 3. The van der Waals surface area contributed by atoms with Gasteiger partial charge in [-0.05, 0) is 35.9 Å². The summed E-state index contributed by atoms with van der Waals surface area (Å²) in [6.07, 6.45) is 0. The van der Waals surface area contributed by atoms with Crippen LogP contribution in [0.25, 0.3) is 10.8 Å². The van der Waals surface area contributed by atoms with Crippen LogP contribution in [0.1, 0.15) is 15.9 Å². The van der Waals surface area contributed by atoms with E-state index in [1.54, 1.807) is 30.3 Å². The lowest BCUT2D eigenvalue weighted by molar-refractivity contribution is -0.139. The Balaban J connectivity index is 1.84. The minimum atomic E-state index is -1.06. The van der Waals surface area contributed by atoms with Gasteiger partial charge < -0.3 is 15.2 Å². The maximum Gasteiger partial charge on any atom is 0.341 e. The van der Waals surface area contributed by atoms with Gasteiger partial charge in [0, 0.05) is 17.3 Å². The van der Waals surface area contributed by atoms with Crippen LogP contribution in [-0.2, 0) is 4.79 Å². The van der Waals surface area contributed by atoms with Crippen LogP contribution in [0.5, 0.6) is 5.75 Å². The summed E-state index contributed by atoms with van der Waals surface area (Å²) in [7, 11) is 0. The molecule has 0 unspecified atom stereocenters. The number of nitrogens with one attached hydrogen (secondary N) is 1. The Morgan fingerprint density at radius 3 is 2.64 bits per heavy atom. The third-order valence-electron chi connectivity index (χ3n) is 3.74. The summed E-state index contributed by atoms with van der Waals surface area (Å²) in [5.41, 5.74) is 2.20. The molecule has 5 nitrogen and oxygen atoms in total. The van der Waals surface area contributed by atoms with Gasteiger partial charge in [0.15, 0.2) is 6.61 Å². The number of carbonyl (C=O) groups excluding carboxylic acids is 1. The topological polar surface area (TPSA) is 75.6 Å². The number of fused-ring (bicyclic) bond motifs is 1. The third-order valence-corrected chi connectivity index (χ3v) is 3.74. The molecule has 5 heteroatoms. The first kappa shape index (κ1) is 16.5. The van der Waals surface area contributed by atoms with Crippen LogP contribution >= 0.6 is 0 Å². The standard InChI is InChI=1S/C20H17NO4/c1-13-8-9-14-4-2-7-17(18(14)10-13)20(24)21-15-5-3-6-16(11-15)25-12-19(22)23/h2-11H,12H2,1H3,(H,21,24)(H,22,23). The SMILES string of the molecule is Cc1ccc2cccc(C(=O)Nc3cccc(OCC(=O)O)c3)c2c1. The van der Waals surface area contributed by atoms with Gasteiger partial charge in [-0.3, -0.25) is 4.79 Å². The Morgan fingerprint density at radius 2 is 1.84 bits per heavy atom. The molecule has 3 rings (SSSR count). The van der Waals surface area contributed by atoms with E-state index in [9.17, 15) is 9.59 Å². The van der Waals surface area contributed by atoms with Gasteiger partial charge in [-0.2, -0.15) is 0 Å². The molecule has 0 aliphatic heterocycles. The number of ether oxygens (including phenoxy) is 1. The summed E-state index contributed by atoms with van der Waals surface area (Å²) >= 11 is 0. The quantitative estimate of drug-likeness (QED) is 0.742. The van der Waals surface area contributed by atoms with Gasteiger partial charge in [0.05, 0.1) is 0 Å². The molecule has 126 valence electrons. The van der Waals surface area contributed by atoms with Crippen molar-refractivity contribution in [2.24, 2.45) is 0 Å². The second-order valence-electron chi connectivity index (χ2n) is 5.69. The van der Waals surface area contributed by atoms with Crippen LogP contribution in [0, 0.1) is 6.92 Å². The first-order chi connectivity index (χ1) is 12.0. The molecule has 25 heavy (non-hydrogen) atoms. The highest BCUT2D eigenvalue weighted by Gasteiger charge is 2.11. The van der Waals surface area contributed by atoms with Crippen molar-refractivity contribution in [3.63, 3.8) is 0 Å². The van der Waals surface area contributed by atoms with Crippen LogP contribution in [0.2, 0.25) is 0 Å². The highest BCUT2D eigenvalue weighted by atomic mass is 16.5. The molecule has 3 aromatic carbocycles. The molecular formula is C20H17NO4. The zero-order valence-electron chi connectivity index (χ0n) is 13.7. The Hall–Kier alpha value is -3.34. The molecule has 0 bridgehead atoms. The molecule has 0 spiro atoms. The Morgan fingerprint density at radius 1 is 1.04 bits per heavy atom. The van der Waals surface area contributed by atoms with E-state index >= 15 is 0 Å². The Labute approximate surface area is 144 Å². The molecule has 0 heterocycles. The predicted molar refractivity (Wildman–Crippen MR) is 96.2 cm³/mol. The monoisotopic (exact) mass is 335 g/mol. The normalized spacial score (nSPS) is 10.4. The molecule has 0 fully saturated rings. The van der Waals surface area contributed by atoms with E-state index in [-0.39, 0.29) is 5.91 Å². The van der Waals surface area contributed by atoms with Crippen LogP contribution in [0.15, 0.2) is 60.7 Å². The summed E-state index contributed by atoms with van der Waals surface area (Å²) in [6.45, 7) is 1.55. The van der Waals surface area contributed by atoms with Gasteiger partial charge >= 0.3 is 5.97 Å². The number of amides is 1. The fourth-order valence-electron chi connectivity index (χ4n) is 2.59. The van der Waals surface area contributed by atoms with Crippen molar-refractivity contribution < 1.29 is 19.4 Å². The van der Waals surface area contributed by atoms with Crippen LogP contribution in [0.3, 0.4) is 0 Å². The van der Waals surface area contributed by atoms with Gasteiger partial charge in [0.1, 0.15) is 5.75 Å². The molecule has 0 aliphatic rings. The smallest absolute Gasteiger partial charge is 0.341 e. The average Bonchev–Trinajstić information content (AvgIpc) is 2.59. The number of hydrogen-bond donors (Lipinski definition) is 2. The Kier molecular flexibility index (Phi) is 4.66. The maximum absolute atomic E-state index is 12.7. The van der Waals surface area contributed by atoms with Gasteiger partial charge in [-0.15, -0.1) is 0 Å². The zero-order valence-corrected chi connectivity index (χ0v) is 13.7. The lowest BCUT2D eigenvalue weighted by atomic mass is 10.0. The molecular weight excluding hydrogens is 318 g/mol. The first-order valence-electron chi connectivity index (χ1n) is 7.78. The predicted octanol–water partition coefficient (Wildman–Crippen LogP) is 3.86. The summed E-state index contributed by atoms with van der Waals surface area (Å²) in [6, 6.07) is 18.2. The van der Waals surface area contributed by atoms with Gasteiger partial charge in [-0.1, -0.05) is 42.0 Å². The number of anilines is 1. The molecule has 1 amide bonds. The lowest BCUT2D eigenvalue weighted by Crippen LogP contribution is -2.13. The largest absolute Gasteiger partial charge is 0.482 e. The zero-order chi connectivity index (χ0) is 17.8. The molecule has 0 aromatic heterocycles. The average molecular weight is 335 g/mol. The fraction of sp³-hybridized carbons (Fsp3) is 0.100. The van der Waals surface area contributed by atoms with E-state index in [4.69, 9.17) is 9.84 Å². The second kappa shape index (κ2) is 7.05. The van der Waals surface area contributed by atoms with Crippen molar-refractivity contribution in [2.45, 2.75) is 6.92 Å². The van der Waals surface area contributed by atoms with Crippen molar-refractivity contribution >= 4 is 28.3 Å².